The van der Waals surface area contributed by atoms with Gasteiger partial charge in [0.25, 0.3) is 5.91 Å². The smallest absolute Gasteiger partial charge is 0.260 e. The molecule has 1 N–H and O–H groups in total. The van der Waals surface area contributed by atoms with E-state index in [1.807, 2.05) is 12.1 Å². The van der Waals surface area contributed by atoms with Crippen molar-refractivity contribution in [1.29, 1.82) is 0 Å². The summed E-state index contributed by atoms with van der Waals surface area (Å²) in [6, 6.07) is 11.7. The Labute approximate surface area is 187 Å². The van der Waals surface area contributed by atoms with Crippen LogP contribution in [0.15, 0.2) is 47.6 Å². The molecule has 0 spiro atoms. The van der Waals surface area contributed by atoms with Gasteiger partial charge in [-0.3, -0.25) is 9.10 Å². The average molecular weight is 468 g/mol. The summed E-state index contributed by atoms with van der Waals surface area (Å²) in [5.74, 6) is 0.966. The molecule has 2 aromatic rings. The zero-order valence-electron chi connectivity index (χ0n) is 17.8. The zero-order valence-corrected chi connectivity index (χ0v) is 19.4. The van der Waals surface area contributed by atoms with Gasteiger partial charge < -0.3 is 9.47 Å². The summed E-state index contributed by atoms with van der Waals surface area (Å²) < 4.78 is 36.0. The number of rotatable bonds is 10. The summed E-state index contributed by atoms with van der Waals surface area (Å²) in [6.45, 7) is 4.30. The van der Waals surface area contributed by atoms with Crippen LogP contribution in [0.2, 0.25) is 5.02 Å². The van der Waals surface area contributed by atoms with E-state index >= 15 is 0 Å². The van der Waals surface area contributed by atoms with Gasteiger partial charge in [0, 0.05) is 0 Å². The van der Waals surface area contributed by atoms with Crippen molar-refractivity contribution in [3.05, 3.63) is 53.1 Å². The Morgan fingerprint density at radius 2 is 1.90 bits per heavy atom. The van der Waals surface area contributed by atoms with Crippen molar-refractivity contribution in [2.45, 2.75) is 13.8 Å². The number of carbonyl (C=O) groups excluding carboxylic acids is 1. The average Bonchev–Trinajstić information content (AvgIpc) is 2.70. The third kappa shape index (κ3) is 7.76. The second-order valence-corrected chi connectivity index (χ2v) is 9.47. The monoisotopic (exact) mass is 467 g/mol. The van der Waals surface area contributed by atoms with E-state index < -0.39 is 22.5 Å². The van der Waals surface area contributed by atoms with E-state index in [9.17, 15) is 13.2 Å². The second-order valence-electron chi connectivity index (χ2n) is 7.16. The SMILES string of the molecule is COc1ccc(N(CC(=O)N/N=C/c2ccc(OCC(C)C)cc2)S(C)(=O)=O)cc1Cl. The van der Waals surface area contributed by atoms with Crippen molar-refractivity contribution in [2.75, 3.05) is 30.8 Å². The molecule has 0 aliphatic rings. The fraction of sp³-hybridized carbons (Fsp3) is 0.333. The standard InChI is InChI=1S/C21H26ClN3O5S/c1-15(2)14-30-18-8-5-16(6-9-18)12-23-24-21(26)13-25(31(4,27)28)17-7-10-20(29-3)19(22)11-17/h5-12,15H,13-14H2,1-4H3,(H,24,26)/b23-12+. The summed E-state index contributed by atoms with van der Waals surface area (Å²) in [6.07, 6.45) is 2.46. The first-order chi connectivity index (χ1) is 14.6. The second kappa shape index (κ2) is 11.0. The number of sulfonamides is 1. The number of ether oxygens (including phenoxy) is 2. The summed E-state index contributed by atoms with van der Waals surface area (Å²) >= 11 is 6.08. The van der Waals surface area contributed by atoms with E-state index in [0.29, 0.717) is 18.3 Å². The molecular formula is C21H26ClN3O5S. The molecule has 1 amide bonds. The van der Waals surface area contributed by atoms with Gasteiger partial charge in [0.05, 0.1) is 36.9 Å². The fourth-order valence-electron chi connectivity index (χ4n) is 2.47. The molecule has 0 aliphatic heterocycles. The first kappa shape index (κ1) is 24.5. The van der Waals surface area contributed by atoms with Gasteiger partial charge in [-0.05, 0) is 53.9 Å². The first-order valence-electron chi connectivity index (χ1n) is 9.46. The van der Waals surface area contributed by atoms with E-state index in [-0.39, 0.29) is 10.7 Å². The zero-order chi connectivity index (χ0) is 23.0. The maximum absolute atomic E-state index is 12.3. The highest BCUT2D eigenvalue weighted by atomic mass is 35.5. The number of hydrogen-bond donors (Lipinski definition) is 1. The van der Waals surface area contributed by atoms with E-state index in [1.165, 1.54) is 31.5 Å². The van der Waals surface area contributed by atoms with Crippen molar-refractivity contribution in [1.82, 2.24) is 5.43 Å². The van der Waals surface area contributed by atoms with E-state index in [0.717, 1.165) is 21.9 Å². The van der Waals surface area contributed by atoms with Gasteiger partial charge in [-0.1, -0.05) is 25.4 Å². The highest BCUT2D eigenvalue weighted by Gasteiger charge is 2.21. The number of halogens is 1. The predicted octanol–water partition coefficient (Wildman–Crippen LogP) is 3.30. The molecule has 0 atom stereocenters. The van der Waals surface area contributed by atoms with Gasteiger partial charge in [0.1, 0.15) is 18.0 Å². The van der Waals surface area contributed by atoms with Crippen LogP contribution in [0.3, 0.4) is 0 Å². The molecule has 0 fully saturated rings. The Balaban J connectivity index is 2.01. The molecule has 0 saturated carbocycles. The van der Waals surface area contributed by atoms with Crippen LogP contribution in [0.4, 0.5) is 5.69 Å². The minimum absolute atomic E-state index is 0.230. The summed E-state index contributed by atoms with van der Waals surface area (Å²) in [4.78, 5) is 12.3. The number of nitrogens with one attached hydrogen (secondary N) is 1. The molecule has 0 bridgehead atoms. The van der Waals surface area contributed by atoms with Crippen LogP contribution < -0.4 is 19.2 Å². The summed E-state index contributed by atoms with van der Waals surface area (Å²) in [5.41, 5.74) is 3.32. The van der Waals surface area contributed by atoms with Gasteiger partial charge in [-0.2, -0.15) is 5.10 Å². The molecule has 31 heavy (non-hydrogen) atoms. The van der Waals surface area contributed by atoms with Crippen molar-refractivity contribution in [3.63, 3.8) is 0 Å². The van der Waals surface area contributed by atoms with Crippen LogP contribution >= 0.6 is 11.6 Å². The molecule has 168 valence electrons. The number of methoxy groups -OCH3 is 1. The predicted molar refractivity (Wildman–Crippen MR) is 123 cm³/mol. The van der Waals surface area contributed by atoms with E-state index in [2.05, 4.69) is 24.4 Å². The number of amides is 1. The fourth-order valence-corrected chi connectivity index (χ4v) is 3.57. The molecule has 0 saturated heterocycles. The van der Waals surface area contributed by atoms with Gasteiger partial charge in [0.15, 0.2) is 0 Å². The van der Waals surface area contributed by atoms with Crippen LogP contribution in [0.25, 0.3) is 0 Å². The Morgan fingerprint density at radius 3 is 2.45 bits per heavy atom. The Kier molecular flexibility index (Phi) is 8.70. The number of hydrogen-bond acceptors (Lipinski definition) is 6. The molecule has 8 nitrogen and oxygen atoms in total. The minimum atomic E-state index is -3.74. The largest absolute Gasteiger partial charge is 0.495 e. The van der Waals surface area contributed by atoms with Crippen LogP contribution in [-0.2, 0) is 14.8 Å². The molecule has 2 rings (SSSR count). The summed E-state index contributed by atoms with van der Waals surface area (Å²) in [7, 11) is -2.28. The highest BCUT2D eigenvalue weighted by molar-refractivity contribution is 7.92. The number of nitrogens with zero attached hydrogens (tertiary/aromatic N) is 2. The van der Waals surface area contributed by atoms with Crippen molar-refractivity contribution in [2.24, 2.45) is 11.0 Å². The number of carbonyl (C=O) groups is 1. The van der Waals surface area contributed by atoms with Crippen LogP contribution in [0, 0.1) is 5.92 Å². The quantitative estimate of drug-likeness (QED) is 0.427. The molecule has 0 aliphatic carbocycles. The lowest BCUT2D eigenvalue weighted by molar-refractivity contribution is -0.119. The number of anilines is 1. The summed E-state index contributed by atoms with van der Waals surface area (Å²) in [5, 5.41) is 4.12. The lowest BCUT2D eigenvalue weighted by Crippen LogP contribution is -2.39. The maximum atomic E-state index is 12.3. The van der Waals surface area contributed by atoms with Gasteiger partial charge in [-0.15, -0.1) is 0 Å². The molecule has 0 aromatic heterocycles. The van der Waals surface area contributed by atoms with E-state index in [4.69, 9.17) is 21.1 Å². The number of hydrazone groups is 1. The highest BCUT2D eigenvalue weighted by Crippen LogP contribution is 2.30. The third-order valence-electron chi connectivity index (χ3n) is 3.98. The maximum Gasteiger partial charge on any atom is 0.260 e. The minimum Gasteiger partial charge on any atom is -0.495 e. The molecule has 0 unspecified atom stereocenters. The lowest BCUT2D eigenvalue weighted by Gasteiger charge is -2.21. The van der Waals surface area contributed by atoms with Crippen LogP contribution in [0.1, 0.15) is 19.4 Å². The molecular weight excluding hydrogens is 442 g/mol. The van der Waals surface area contributed by atoms with Crippen molar-refractivity contribution < 1.29 is 22.7 Å². The normalized spacial score (nSPS) is 11.5. The molecule has 10 heteroatoms. The van der Waals surface area contributed by atoms with Crippen LogP contribution in [0.5, 0.6) is 11.5 Å². The first-order valence-corrected chi connectivity index (χ1v) is 11.7. The molecule has 0 radical (unpaired) electrons. The van der Waals surface area contributed by atoms with Crippen LogP contribution in [-0.4, -0.2) is 47.1 Å². The Morgan fingerprint density at radius 1 is 1.23 bits per heavy atom. The van der Waals surface area contributed by atoms with Gasteiger partial charge >= 0.3 is 0 Å². The topological polar surface area (TPSA) is 97.3 Å². The van der Waals surface area contributed by atoms with Crippen molar-refractivity contribution in [3.8, 4) is 11.5 Å². The lowest BCUT2D eigenvalue weighted by atomic mass is 10.2. The Bertz CT molecular complexity index is 1020. The van der Waals surface area contributed by atoms with E-state index in [1.54, 1.807) is 12.1 Å². The van der Waals surface area contributed by atoms with Gasteiger partial charge in [0.2, 0.25) is 10.0 Å². The Hall–Kier alpha value is -2.78. The molecule has 0 heterocycles. The molecule has 2 aromatic carbocycles. The van der Waals surface area contributed by atoms with Gasteiger partial charge in [-0.25, -0.2) is 13.8 Å². The van der Waals surface area contributed by atoms with Crippen molar-refractivity contribution >= 4 is 39.4 Å². The third-order valence-corrected chi connectivity index (χ3v) is 5.41. The number of benzene rings is 2.